The SMILES string of the molecule is CCC(C)(CO)NC1CCCCC1C(=O)O. The number of carbonyl (C=O) groups is 1. The van der Waals surface area contributed by atoms with Crippen LogP contribution in [0.5, 0.6) is 0 Å². The van der Waals surface area contributed by atoms with E-state index in [1.54, 1.807) is 0 Å². The molecule has 1 aliphatic rings. The highest BCUT2D eigenvalue weighted by Gasteiger charge is 2.34. The van der Waals surface area contributed by atoms with Gasteiger partial charge in [-0.05, 0) is 26.2 Å². The molecule has 1 fully saturated rings. The number of nitrogens with one attached hydrogen (secondary N) is 1. The molecule has 1 aliphatic carbocycles. The van der Waals surface area contributed by atoms with Crippen molar-refractivity contribution < 1.29 is 15.0 Å². The van der Waals surface area contributed by atoms with Gasteiger partial charge in [0.15, 0.2) is 0 Å². The van der Waals surface area contributed by atoms with Gasteiger partial charge in [0.1, 0.15) is 0 Å². The summed E-state index contributed by atoms with van der Waals surface area (Å²) < 4.78 is 0. The zero-order valence-corrected chi connectivity index (χ0v) is 10.2. The predicted octanol–water partition coefficient (Wildman–Crippen LogP) is 1.38. The molecule has 0 radical (unpaired) electrons. The minimum Gasteiger partial charge on any atom is -0.481 e. The minimum atomic E-state index is -0.714. The summed E-state index contributed by atoms with van der Waals surface area (Å²) in [5.41, 5.74) is -0.351. The van der Waals surface area contributed by atoms with E-state index in [4.69, 9.17) is 5.11 Å². The van der Waals surface area contributed by atoms with Gasteiger partial charge in [0.2, 0.25) is 0 Å². The Morgan fingerprint density at radius 2 is 2.06 bits per heavy atom. The normalized spacial score (nSPS) is 29.7. The van der Waals surface area contributed by atoms with Gasteiger partial charge < -0.3 is 15.5 Å². The third kappa shape index (κ3) is 3.19. The predicted molar refractivity (Wildman–Crippen MR) is 62.3 cm³/mol. The van der Waals surface area contributed by atoms with E-state index in [9.17, 15) is 9.90 Å². The minimum absolute atomic E-state index is 0.00310. The van der Waals surface area contributed by atoms with Crippen LogP contribution in [-0.2, 0) is 4.79 Å². The molecule has 0 heterocycles. The Balaban J connectivity index is 2.65. The van der Waals surface area contributed by atoms with Gasteiger partial charge >= 0.3 is 5.97 Å². The molecule has 16 heavy (non-hydrogen) atoms. The van der Waals surface area contributed by atoms with Crippen LogP contribution in [-0.4, -0.2) is 34.4 Å². The molecule has 3 atom stereocenters. The molecular weight excluding hydrogens is 206 g/mol. The Bertz CT molecular complexity index is 238. The highest BCUT2D eigenvalue weighted by Crippen LogP contribution is 2.26. The molecule has 3 unspecified atom stereocenters. The average molecular weight is 229 g/mol. The Labute approximate surface area is 97.0 Å². The number of carboxylic acids is 1. The van der Waals surface area contributed by atoms with Crippen LogP contribution in [0.1, 0.15) is 46.0 Å². The second kappa shape index (κ2) is 5.64. The van der Waals surface area contributed by atoms with Gasteiger partial charge in [0.25, 0.3) is 0 Å². The topological polar surface area (TPSA) is 69.6 Å². The lowest BCUT2D eigenvalue weighted by Gasteiger charge is -2.37. The lowest BCUT2D eigenvalue weighted by molar-refractivity contribution is -0.144. The molecule has 0 aromatic carbocycles. The molecule has 0 aromatic rings. The van der Waals surface area contributed by atoms with Crippen LogP contribution in [0.3, 0.4) is 0 Å². The highest BCUT2D eigenvalue weighted by molar-refractivity contribution is 5.71. The number of rotatable bonds is 5. The third-order valence-electron chi connectivity index (χ3n) is 3.75. The zero-order valence-electron chi connectivity index (χ0n) is 10.2. The molecular formula is C12H23NO3. The van der Waals surface area contributed by atoms with Crippen LogP contribution in [0, 0.1) is 5.92 Å². The van der Waals surface area contributed by atoms with Gasteiger partial charge in [-0.2, -0.15) is 0 Å². The molecule has 0 aromatic heterocycles. The Kier molecular flexibility index (Phi) is 4.74. The molecule has 1 saturated carbocycles. The number of hydrogen-bond donors (Lipinski definition) is 3. The molecule has 0 bridgehead atoms. The van der Waals surface area contributed by atoms with Crippen LogP contribution >= 0.6 is 0 Å². The van der Waals surface area contributed by atoms with E-state index in [0.29, 0.717) is 0 Å². The van der Waals surface area contributed by atoms with E-state index in [1.165, 1.54) is 0 Å². The van der Waals surface area contributed by atoms with E-state index < -0.39 is 5.97 Å². The van der Waals surface area contributed by atoms with E-state index in [0.717, 1.165) is 32.1 Å². The summed E-state index contributed by atoms with van der Waals surface area (Å²) in [6, 6.07) is 0.00310. The quantitative estimate of drug-likeness (QED) is 0.666. The first kappa shape index (κ1) is 13.5. The lowest BCUT2D eigenvalue weighted by atomic mass is 9.82. The van der Waals surface area contributed by atoms with E-state index in [1.807, 2.05) is 13.8 Å². The van der Waals surface area contributed by atoms with Gasteiger partial charge in [0, 0.05) is 11.6 Å². The number of aliphatic hydroxyl groups is 1. The zero-order chi connectivity index (χ0) is 12.2. The summed E-state index contributed by atoms with van der Waals surface area (Å²) in [6.45, 7) is 3.99. The van der Waals surface area contributed by atoms with E-state index in [-0.39, 0.29) is 24.1 Å². The van der Waals surface area contributed by atoms with Crippen LogP contribution in [0.15, 0.2) is 0 Å². The first-order chi connectivity index (χ1) is 7.52. The van der Waals surface area contributed by atoms with Crippen molar-refractivity contribution in [2.24, 2.45) is 5.92 Å². The molecule has 3 N–H and O–H groups in total. The van der Waals surface area contributed by atoms with Gasteiger partial charge in [-0.15, -0.1) is 0 Å². The number of carboxylic acid groups (broad SMARTS) is 1. The highest BCUT2D eigenvalue weighted by atomic mass is 16.4. The van der Waals surface area contributed by atoms with Crippen molar-refractivity contribution in [2.75, 3.05) is 6.61 Å². The summed E-state index contributed by atoms with van der Waals surface area (Å²) in [5.74, 6) is -1.01. The molecule has 4 heteroatoms. The van der Waals surface area contributed by atoms with Crippen LogP contribution in [0.2, 0.25) is 0 Å². The van der Waals surface area contributed by atoms with Crippen LogP contribution in [0.4, 0.5) is 0 Å². The fraction of sp³-hybridized carbons (Fsp3) is 0.917. The first-order valence-corrected chi connectivity index (χ1v) is 6.14. The lowest BCUT2D eigenvalue weighted by Crippen LogP contribution is -2.54. The molecule has 1 rings (SSSR count). The second-order valence-corrected chi connectivity index (χ2v) is 5.05. The monoisotopic (exact) mass is 229 g/mol. The van der Waals surface area contributed by atoms with Crippen LogP contribution in [0.25, 0.3) is 0 Å². The third-order valence-corrected chi connectivity index (χ3v) is 3.75. The second-order valence-electron chi connectivity index (χ2n) is 5.05. The number of aliphatic carboxylic acids is 1. The van der Waals surface area contributed by atoms with Crippen molar-refractivity contribution in [1.29, 1.82) is 0 Å². The van der Waals surface area contributed by atoms with Gasteiger partial charge in [-0.3, -0.25) is 4.79 Å². The molecule has 0 amide bonds. The van der Waals surface area contributed by atoms with Crippen molar-refractivity contribution >= 4 is 5.97 Å². The van der Waals surface area contributed by atoms with Crippen molar-refractivity contribution in [3.63, 3.8) is 0 Å². The Morgan fingerprint density at radius 1 is 1.44 bits per heavy atom. The van der Waals surface area contributed by atoms with Gasteiger partial charge in [0.05, 0.1) is 12.5 Å². The maximum atomic E-state index is 11.1. The summed E-state index contributed by atoms with van der Waals surface area (Å²) in [5, 5.41) is 21.8. The Morgan fingerprint density at radius 3 is 2.56 bits per heavy atom. The summed E-state index contributed by atoms with van der Waals surface area (Å²) in [4.78, 5) is 11.1. The molecule has 0 saturated heterocycles. The molecule has 94 valence electrons. The average Bonchev–Trinajstić information content (AvgIpc) is 2.29. The molecule has 4 nitrogen and oxygen atoms in total. The smallest absolute Gasteiger partial charge is 0.308 e. The molecule has 0 spiro atoms. The summed E-state index contributed by atoms with van der Waals surface area (Å²) in [6.07, 6.45) is 4.51. The van der Waals surface area contributed by atoms with Crippen molar-refractivity contribution in [3.8, 4) is 0 Å². The summed E-state index contributed by atoms with van der Waals surface area (Å²) >= 11 is 0. The number of hydrogen-bond acceptors (Lipinski definition) is 3. The molecule has 0 aliphatic heterocycles. The van der Waals surface area contributed by atoms with Crippen molar-refractivity contribution in [3.05, 3.63) is 0 Å². The first-order valence-electron chi connectivity index (χ1n) is 6.14. The standard InChI is InChI=1S/C12H23NO3/c1-3-12(2,8-14)13-10-7-5-4-6-9(10)11(15)16/h9-10,13-14H,3-8H2,1-2H3,(H,15,16). The van der Waals surface area contributed by atoms with Gasteiger partial charge in [-0.1, -0.05) is 19.8 Å². The Hall–Kier alpha value is -0.610. The largest absolute Gasteiger partial charge is 0.481 e. The summed E-state index contributed by atoms with van der Waals surface area (Å²) in [7, 11) is 0. The van der Waals surface area contributed by atoms with Crippen molar-refractivity contribution in [2.45, 2.75) is 57.5 Å². The van der Waals surface area contributed by atoms with Crippen molar-refractivity contribution in [1.82, 2.24) is 5.32 Å². The fourth-order valence-corrected chi connectivity index (χ4v) is 2.31. The van der Waals surface area contributed by atoms with Crippen LogP contribution < -0.4 is 5.32 Å². The fourth-order valence-electron chi connectivity index (χ4n) is 2.31. The maximum absolute atomic E-state index is 11.1. The van der Waals surface area contributed by atoms with Gasteiger partial charge in [-0.25, -0.2) is 0 Å². The number of aliphatic hydroxyl groups excluding tert-OH is 1. The van der Waals surface area contributed by atoms with E-state index in [2.05, 4.69) is 5.32 Å². The maximum Gasteiger partial charge on any atom is 0.308 e. The van der Waals surface area contributed by atoms with E-state index >= 15 is 0 Å².